The van der Waals surface area contributed by atoms with Gasteiger partial charge in [0.2, 0.25) is 0 Å². The van der Waals surface area contributed by atoms with E-state index in [0.717, 1.165) is 27.1 Å². The summed E-state index contributed by atoms with van der Waals surface area (Å²) in [6, 6.07) is 24.8. The van der Waals surface area contributed by atoms with E-state index in [2.05, 4.69) is 62.9 Å². The molecule has 0 bridgehead atoms. The van der Waals surface area contributed by atoms with Crippen LogP contribution >= 0.6 is 15.9 Å². The van der Waals surface area contributed by atoms with Gasteiger partial charge >= 0.3 is 0 Å². The van der Waals surface area contributed by atoms with Crippen molar-refractivity contribution in [2.24, 2.45) is 0 Å². The zero-order valence-electron chi connectivity index (χ0n) is 11.8. The third kappa shape index (κ3) is 2.24. The standard InChI is InChI=1S/C19H13BrN2/c20-16-11-9-14(10-12-16)18-19(15-6-2-1-3-7-15)22-13-5-4-8-17(22)21-18/h1-13H. The van der Waals surface area contributed by atoms with Crippen LogP contribution in [-0.4, -0.2) is 9.38 Å². The van der Waals surface area contributed by atoms with Crippen LogP contribution in [0.25, 0.3) is 28.2 Å². The average molecular weight is 349 g/mol. The van der Waals surface area contributed by atoms with Crippen LogP contribution in [0.2, 0.25) is 0 Å². The Hall–Kier alpha value is -2.39. The number of imidazole rings is 1. The van der Waals surface area contributed by atoms with Gasteiger partial charge in [0.15, 0.2) is 0 Å². The van der Waals surface area contributed by atoms with E-state index < -0.39 is 0 Å². The van der Waals surface area contributed by atoms with E-state index in [0.29, 0.717) is 0 Å². The maximum atomic E-state index is 4.84. The molecule has 0 N–H and O–H groups in total. The highest BCUT2D eigenvalue weighted by Crippen LogP contribution is 2.33. The van der Waals surface area contributed by atoms with Crippen molar-refractivity contribution in [1.82, 2.24) is 9.38 Å². The summed E-state index contributed by atoms with van der Waals surface area (Å²) in [5.74, 6) is 0. The number of rotatable bonds is 2. The van der Waals surface area contributed by atoms with Crippen molar-refractivity contribution in [3.8, 4) is 22.5 Å². The summed E-state index contributed by atoms with van der Waals surface area (Å²) in [4.78, 5) is 4.84. The molecule has 2 nitrogen and oxygen atoms in total. The number of hydrogen-bond donors (Lipinski definition) is 0. The molecule has 2 aromatic carbocycles. The first-order valence-electron chi connectivity index (χ1n) is 7.11. The van der Waals surface area contributed by atoms with Crippen molar-refractivity contribution in [3.63, 3.8) is 0 Å². The highest BCUT2D eigenvalue weighted by atomic mass is 79.9. The van der Waals surface area contributed by atoms with Gasteiger partial charge in [-0.25, -0.2) is 4.98 Å². The van der Waals surface area contributed by atoms with E-state index >= 15 is 0 Å². The van der Waals surface area contributed by atoms with Crippen LogP contribution in [0.3, 0.4) is 0 Å². The first-order chi connectivity index (χ1) is 10.8. The molecule has 0 aliphatic carbocycles. The number of nitrogens with zero attached hydrogens (tertiary/aromatic N) is 2. The Bertz CT molecular complexity index is 925. The Morgan fingerprint density at radius 2 is 1.45 bits per heavy atom. The van der Waals surface area contributed by atoms with Crippen LogP contribution in [0.1, 0.15) is 0 Å². The molecule has 0 saturated heterocycles. The van der Waals surface area contributed by atoms with Gasteiger partial charge < -0.3 is 0 Å². The predicted octanol–water partition coefficient (Wildman–Crippen LogP) is 5.43. The highest BCUT2D eigenvalue weighted by molar-refractivity contribution is 9.10. The summed E-state index contributed by atoms with van der Waals surface area (Å²) in [6.07, 6.45) is 2.06. The third-order valence-electron chi connectivity index (χ3n) is 3.69. The Balaban J connectivity index is 2.04. The van der Waals surface area contributed by atoms with Gasteiger partial charge in [-0.05, 0) is 24.3 Å². The molecular weight excluding hydrogens is 336 g/mol. The topological polar surface area (TPSA) is 17.3 Å². The van der Waals surface area contributed by atoms with Crippen molar-refractivity contribution in [3.05, 3.63) is 83.5 Å². The lowest BCUT2D eigenvalue weighted by Gasteiger charge is -2.05. The zero-order chi connectivity index (χ0) is 14.9. The molecule has 0 spiro atoms. The smallest absolute Gasteiger partial charge is 0.137 e. The molecule has 4 aromatic rings. The van der Waals surface area contributed by atoms with E-state index in [1.807, 2.05) is 36.4 Å². The van der Waals surface area contributed by atoms with Gasteiger partial charge in [-0.3, -0.25) is 4.40 Å². The molecule has 0 radical (unpaired) electrons. The normalized spacial score (nSPS) is 11.0. The van der Waals surface area contributed by atoms with E-state index in [1.54, 1.807) is 0 Å². The van der Waals surface area contributed by atoms with Gasteiger partial charge in [-0.15, -0.1) is 0 Å². The lowest BCUT2D eigenvalue weighted by molar-refractivity contribution is 1.19. The minimum atomic E-state index is 0.958. The second-order valence-electron chi connectivity index (χ2n) is 5.11. The van der Waals surface area contributed by atoms with Crippen molar-refractivity contribution >= 4 is 21.6 Å². The first-order valence-corrected chi connectivity index (χ1v) is 7.91. The number of halogens is 1. The summed E-state index contributed by atoms with van der Waals surface area (Å²) in [5, 5.41) is 0. The molecule has 2 aromatic heterocycles. The van der Waals surface area contributed by atoms with Crippen LogP contribution in [0.4, 0.5) is 0 Å². The van der Waals surface area contributed by atoms with Crippen molar-refractivity contribution in [1.29, 1.82) is 0 Å². The van der Waals surface area contributed by atoms with E-state index in [9.17, 15) is 0 Å². The van der Waals surface area contributed by atoms with E-state index in [-0.39, 0.29) is 0 Å². The highest BCUT2D eigenvalue weighted by Gasteiger charge is 2.15. The minimum Gasteiger partial charge on any atom is -0.299 e. The Morgan fingerprint density at radius 1 is 0.727 bits per heavy atom. The van der Waals surface area contributed by atoms with Crippen molar-refractivity contribution in [2.75, 3.05) is 0 Å². The molecular formula is C19H13BrN2. The van der Waals surface area contributed by atoms with Crippen molar-refractivity contribution < 1.29 is 0 Å². The van der Waals surface area contributed by atoms with Crippen LogP contribution in [0.15, 0.2) is 83.5 Å². The second-order valence-corrected chi connectivity index (χ2v) is 6.03. The van der Waals surface area contributed by atoms with Gasteiger partial charge in [0.25, 0.3) is 0 Å². The molecule has 0 unspecified atom stereocenters. The summed E-state index contributed by atoms with van der Waals surface area (Å²) in [7, 11) is 0. The van der Waals surface area contributed by atoms with Gasteiger partial charge in [-0.1, -0.05) is 64.5 Å². The SMILES string of the molecule is Brc1ccc(-c2nc3ccccn3c2-c2ccccc2)cc1. The molecule has 106 valence electrons. The Kier molecular flexibility index (Phi) is 3.28. The second kappa shape index (κ2) is 5.43. The number of pyridine rings is 1. The van der Waals surface area contributed by atoms with Gasteiger partial charge in [0.05, 0.1) is 11.4 Å². The monoisotopic (exact) mass is 348 g/mol. The van der Waals surface area contributed by atoms with Crippen molar-refractivity contribution in [2.45, 2.75) is 0 Å². The molecule has 4 rings (SSSR count). The lowest BCUT2D eigenvalue weighted by Crippen LogP contribution is -1.88. The lowest BCUT2D eigenvalue weighted by atomic mass is 10.1. The molecule has 0 atom stereocenters. The van der Waals surface area contributed by atoms with Gasteiger partial charge in [0.1, 0.15) is 5.65 Å². The van der Waals surface area contributed by atoms with Crippen LogP contribution in [-0.2, 0) is 0 Å². The number of benzene rings is 2. The minimum absolute atomic E-state index is 0.958. The van der Waals surface area contributed by atoms with E-state index in [4.69, 9.17) is 4.98 Å². The zero-order valence-corrected chi connectivity index (χ0v) is 13.4. The van der Waals surface area contributed by atoms with Gasteiger partial charge in [-0.2, -0.15) is 0 Å². The number of fused-ring (bicyclic) bond motifs is 1. The molecule has 0 fully saturated rings. The molecule has 3 heteroatoms. The molecule has 2 heterocycles. The van der Waals surface area contributed by atoms with Crippen LogP contribution in [0.5, 0.6) is 0 Å². The fourth-order valence-electron chi connectivity index (χ4n) is 2.68. The predicted molar refractivity (Wildman–Crippen MR) is 93.8 cm³/mol. The molecule has 22 heavy (non-hydrogen) atoms. The summed E-state index contributed by atoms with van der Waals surface area (Å²) < 4.78 is 3.22. The largest absolute Gasteiger partial charge is 0.299 e. The average Bonchev–Trinajstić information content (AvgIpc) is 2.96. The quantitative estimate of drug-likeness (QED) is 0.472. The maximum absolute atomic E-state index is 4.84. The van der Waals surface area contributed by atoms with Crippen LogP contribution in [0, 0.1) is 0 Å². The number of hydrogen-bond acceptors (Lipinski definition) is 1. The first kappa shape index (κ1) is 13.3. The fraction of sp³-hybridized carbons (Fsp3) is 0. The Labute approximate surface area is 137 Å². The molecule has 0 saturated carbocycles. The van der Waals surface area contributed by atoms with Gasteiger partial charge in [0, 0.05) is 21.8 Å². The summed E-state index contributed by atoms with van der Waals surface area (Å²) >= 11 is 3.49. The number of aromatic nitrogens is 2. The maximum Gasteiger partial charge on any atom is 0.137 e. The Morgan fingerprint density at radius 3 is 2.23 bits per heavy atom. The summed E-state index contributed by atoms with van der Waals surface area (Å²) in [6.45, 7) is 0. The van der Waals surface area contributed by atoms with Crippen LogP contribution < -0.4 is 0 Å². The fourth-order valence-corrected chi connectivity index (χ4v) is 2.94. The molecule has 0 aliphatic heterocycles. The molecule has 0 aliphatic rings. The molecule has 0 amide bonds. The summed E-state index contributed by atoms with van der Waals surface area (Å²) in [5.41, 5.74) is 5.37. The third-order valence-corrected chi connectivity index (χ3v) is 4.22. The van der Waals surface area contributed by atoms with E-state index in [1.165, 1.54) is 5.56 Å².